The van der Waals surface area contributed by atoms with Gasteiger partial charge in [-0.15, -0.1) is 0 Å². The molecule has 0 aliphatic carbocycles. The zero-order chi connectivity index (χ0) is 37.3. The Bertz CT molecular complexity index is 2960. The molecule has 0 amide bonds. The number of hydrogen-bond acceptors (Lipinski definition) is 2. The van der Waals surface area contributed by atoms with Gasteiger partial charge in [-0.05, 0) is 46.5 Å². The van der Waals surface area contributed by atoms with E-state index in [-0.39, 0.29) is 0 Å². The van der Waals surface area contributed by atoms with Crippen LogP contribution >= 0.6 is 0 Å². The molecule has 7 heterocycles. The van der Waals surface area contributed by atoms with E-state index in [1.165, 1.54) is 0 Å². The third-order valence-corrected chi connectivity index (χ3v) is 11.0. The van der Waals surface area contributed by atoms with E-state index in [1.807, 2.05) is 0 Å². The topological polar surface area (TPSA) is 67.2 Å². The molecule has 11 rings (SSSR count). The molecule has 0 saturated carbocycles. The molecule has 2 N–H and O–H groups in total. The number of nitrogens with zero attached hydrogens (tertiary/aromatic N) is 4. The van der Waals surface area contributed by atoms with E-state index >= 15 is 0 Å². The number of benzene rings is 4. The molecule has 56 heavy (non-hydrogen) atoms. The normalized spacial score (nSPS) is 11.8. The first-order chi connectivity index (χ1) is 27.6. The van der Waals surface area contributed by atoms with Crippen molar-refractivity contribution in [1.82, 2.24) is 29.1 Å². The molecule has 6 heteroatoms. The minimum absolute atomic E-state index is 0.906. The van der Waals surface area contributed by atoms with Crippen LogP contribution in [0.1, 0.15) is 0 Å². The first-order valence-corrected chi connectivity index (χ1v) is 18.9. The molecule has 0 unspecified atom stereocenters. The number of H-pyrrole nitrogens is 2. The minimum atomic E-state index is 0.906. The summed E-state index contributed by atoms with van der Waals surface area (Å²) in [5.41, 5.74) is 20.5. The molecule has 2 aliphatic rings. The Hall–Kier alpha value is -7.44. The van der Waals surface area contributed by atoms with E-state index in [1.54, 1.807) is 0 Å². The Morgan fingerprint density at radius 3 is 0.929 bits per heavy atom. The largest absolute Gasteiger partial charge is 0.356 e. The predicted octanol–water partition coefficient (Wildman–Crippen LogP) is 12.3. The molecule has 2 aliphatic heterocycles. The first-order valence-electron chi connectivity index (χ1n) is 18.9. The van der Waals surface area contributed by atoms with Gasteiger partial charge in [0.15, 0.2) is 0 Å². The average Bonchev–Trinajstić information content (AvgIpc) is 4.10. The summed E-state index contributed by atoms with van der Waals surface area (Å²) in [5, 5.41) is 0. The van der Waals surface area contributed by atoms with E-state index in [0.29, 0.717) is 0 Å². The summed E-state index contributed by atoms with van der Waals surface area (Å²) in [5.74, 6) is 0. The molecule has 5 aromatic heterocycles. The average molecular weight is 721 g/mol. The lowest BCUT2D eigenvalue weighted by atomic mass is 9.95. The number of rotatable bonds is 4. The molecule has 0 spiro atoms. The summed E-state index contributed by atoms with van der Waals surface area (Å²) in [6, 6.07) is 51.3. The van der Waals surface area contributed by atoms with E-state index in [9.17, 15) is 0 Å². The quantitative estimate of drug-likeness (QED) is 0.190. The van der Waals surface area contributed by atoms with Gasteiger partial charge in [-0.25, -0.2) is 9.97 Å². The zero-order valence-corrected chi connectivity index (χ0v) is 31.0. The third kappa shape index (κ3) is 5.03. The van der Waals surface area contributed by atoms with Crippen molar-refractivity contribution in [3.05, 3.63) is 170 Å². The number of fused-ring (bicyclic) bond motifs is 14. The molecular formula is C50H36N6. The van der Waals surface area contributed by atoms with Crippen LogP contribution in [-0.4, -0.2) is 29.1 Å². The smallest absolute Gasteiger partial charge is 0.0832 e. The summed E-state index contributed by atoms with van der Waals surface area (Å²) >= 11 is 0. The fourth-order valence-corrected chi connectivity index (χ4v) is 8.62. The fourth-order valence-electron chi connectivity index (χ4n) is 8.62. The Morgan fingerprint density at radius 2 is 0.589 bits per heavy atom. The van der Waals surface area contributed by atoms with Gasteiger partial charge >= 0.3 is 0 Å². The highest BCUT2D eigenvalue weighted by atomic mass is 14.9. The van der Waals surface area contributed by atoms with E-state index in [2.05, 4.69) is 204 Å². The lowest BCUT2D eigenvalue weighted by Crippen LogP contribution is -1.91. The lowest BCUT2D eigenvalue weighted by molar-refractivity contribution is 0.927. The molecule has 9 aromatic rings. The Kier molecular flexibility index (Phi) is 7.19. The van der Waals surface area contributed by atoms with Crippen LogP contribution in [0.2, 0.25) is 0 Å². The minimum Gasteiger partial charge on any atom is -0.356 e. The van der Waals surface area contributed by atoms with Crippen molar-refractivity contribution in [2.24, 2.45) is 14.1 Å². The Morgan fingerprint density at radius 1 is 0.321 bits per heavy atom. The monoisotopic (exact) mass is 720 g/mol. The SMILES string of the molecule is Cn1cc2c(c1)-c1nc-2c(-c2ccccc2)c2nc(c(-c3ccccc3)c3ccc([nH]3)c(-c3ccccc3)c3ccc([nH]3)c1-c1ccccc1)-c1cn(C)cc1-2. The van der Waals surface area contributed by atoms with Crippen LogP contribution in [0.4, 0.5) is 0 Å². The van der Waals surface area contributed by atoms with Crippen LogP contribution in [0.3, 0.4) is 0 Å². The van der Waals surface area contributed by atoms with Gasteiger partial charge < -0.3 is 19.1 Å². The Balaban J connectivity index is 1.42. The van der Waals surface area contributed by atoms with Crippen LogP contribution in [-0.2, 0) is 14.1 Å². The van der Waals surface area contributed by atoms with Crippen molar-refractivity contribution >= 4 is 22.1 Å². The van der Waals surface area contributed by atoms with Crippen molar-refractivity contribution in [2.75, 3.05) is 0 Å². The molecule has 0 radical (unpaired) electrons. The van der Waals surface area contributed by atoms with E-state index in [4.69, 9.17) is 9.97 Å². The highest BCUT2D eigenvalue weighted by Crippen LogP contribution is 2.51. The van der Waals surface area contributed by atoms with Gasteiger partial charge in [0, 0.05) is 105 Å². The van der Waals surface area contributed by atoms with Crippen LogP contribution in [0, 0.1) is 0 Å². The van der Waals surface area contributed by atoms with Crippen molar-refractivity contribution in [3.8, 4) is 89.5 Å². The van der Waals surface area contributed by atoms with Gasteiger partial charge in [0.2, 0.25) is 0 Å². The highest BCUT2D eigenvalue weighted by molar-refractivity contribution is 6.07. The first kappa shape index (κ1) is 32.0. The standard InChI is InChI=1S/C50H36N6/c1-55-27-35-37(29-55)49-46(34-21-13-6-14-22-34)50-38-30-56(2)28-36(38)48(54-50)45(33-19-11-5-12-20-33)42-26-24-40(52-42)43(31-15-7-3-8-16-31)39-23-25-41(51-39)44(47(35)53-49)32-17-9-4-10-18-32/h3-30,51-52H,1-2H3. The lowest BCUT2D eigenvalue weighted by Gasteiger charge is -2.08. The second-order valence-corrected chi connectivity index (χ2v) is 14.7. The second-order valence-electron chi connectivity index (χ2n) is 14.7. The van der Waals surface area contributed by atoms with Crippen LogP contribution in [0.25, 0.3) is 112 Å². The van der Waals surface area contributed by atoms with Crippen LogP contribution < -0.4 is 0 Å². The molecule has 0 fully saturated rings. The van der Waals surface area contributed by atoms with Crippen LogP contribution in [0.15, 0.2) is 170 Å². The summed E-state index contributed by atoms with van der Waals surface area (Å²) in [6.07, 6.45) is 8.82. The molecule has 4 aromatic carbocycles. The van der Waals surface area contributed by atoms with Gasteiger partial charge in [-0.3, -0.25) is 0 Å². The number of aromatic nitrogens is 6. The summed E-state index contributed by atoms with van der Waals surface area (Å²) in [6.45, 7) is 0. The maximum absolute atomic E-state index is 5.71. The van der Waals surface area contributed by atoms with Crippen molar-refractivity contribution in [3.63, 3.8) is 0 Å². The summed E-state index contributed by atoms with van der Waals surface area (Å²) in [7, 11) is 4.19. The Labute approximate surface area is 324 Å². The number of nitrogens with one attached hydrogen (secondary N) is 2. The van der Waals surface area contributed by atoms with Gasteiger partial charge in [0.1, 0.15) is 0 Å². The summed E-state index contributed by atoms with van der Waals surface area (Å²) in [4.78, 5) is 19.2. The molecule has 0 atom stereocenters. The van der Waals surface area contributed by atoms with Gasteiger partial charge in [0.05, 0.1) is 22.8 Å². The van der Waals surface area contributed by atoms with Crippen LogP contribution in [0.5, 0.6) is 0 Å². The van der Waals surface area contributed by atoms with Gasteiger partial charge in [-0.1, -0.05) is 121 Å². The fraction of sp³-hybridized carbons (Fsp3) is 0.0400. The second kappa shape index (κ2) is 12.6. The number of aryl methyl sites for hydroxylation is 2. The molecule has 0 saturated heterocycles. The molecule has 8 bridgehead atoms. The summed E-state index contributed by atoms with van der Waals surface area (Å²) < 4.78 is 4.30. The highest BCUT2D eigenvalue weighted by Gasteiger charge is 2.31. The zero-order valence-electron chi connectivity index (χ0n) is 31.0. The maximum Gasteiger partial charge on any atom is 0.0832 e. The van der Waals surface area contributed by atoms with E-state index < -0.39 is 0 Å². The third-order valence-electron chi connectivity index (χ3n) is 11.0. The molecule has 266 valence electrons. The van der Waals surface area contributed by atoms with E-state index in [0.717, 1.165) is 112 Å². The molecule has 6 nitrogen and oxygen atoms in total. The van der Waals surface area contributed by atoms with Gasteiger partial charge in [-0.2, -0.15) is 0 Å². The number of aromatic amines is 2. The van der Waals surface area contributed by atoms with Crippen molar-refractivity contribution in [1.29, 1.82) is 0 Å². The maximum atomic E-state index is 5.71. The molecular weight excluding hydrogens is 685 g/mol. The van der Waals surface area contributed by atoms with Crippen molar-refractivity contribution in [2.45, 2.75) is 0 Å². The van der Waals surface area contributed by atoms with Crippen molar-refractivity contribution < 1.29 is 0 Å². The van der Waals surface area contributed by atoms with Gasteiger partial charge in [0.25, 0.3) is 0 Å². The number of hydrogen-bond donors (Lipinski definition) is 2. The predicted molar refractivity (Wildman–Crippen MR) is 230 cm³/mol.